The lowest BCUT2D eigenvalue weighted by Gasteiger charge is -2.10. The van der Waals surface area contributed by atoms with Crippen molar-refractivity contribution in [3.05, 3.63) is 107 Å². The number of rotatable bonds is 21. The van der Waals surface area contributed by atoms with Crippen molar-refractivity contribution in [2.45, 2.75) is 51.7 Å². The van der Waals surface area contributed by atoms with Gasteiger partial charge in [0.1, 0.15) is 17.3 Å². The lowest BCUT2D eigenvalue weighted by atomic mass is 10.0. The molecule has 0 aliphatic heterocycles. The van der Waals surface area contributed by atoms with Gasteiger partial charge < -0.3 is 30.0 Å². The molecular formula is C41H47F5N4O5S. The van der Waals surface area contributed by atoms with Crippen molar-refractivity contribution in [2.75, 3.05) is 53.2 Å². The maximum Gasteiger partial charge on any atom is 0.416 e. The van der Waals surface area contributed by atoms with Gasteiger partial charge in [0.2, 0.25) is 0 Å². The Labute approximate surface area is 327 Å². The number of methoxy groups -OCH3 is 1. The average molecular weight is 803 g/mol. The molecule has 2 aromatic carbocycles. The molecule has 0 atom stereocenters. The van der Waals surface area contributed by atoms with Crippen LogP contribution in [0.4, 0.5) is 22.0 Å². The van der Waals surface area contributed by atoms with Gasteiger partial charge in [0.25, 0.3) is 0 Å². The first kappa shape index (κ1) is 44.3. The summed E-state index contributed by atoms with van der Waals surface area (Å²) in [5.74, 6) is -1.91. The number of ether oxygens (including phenoxy) is 4. The fraction of sp³-hybridized carbons (Fsp3) is 0.390. The molecular weight excluding hydrogens is 756 g/mol. The summed E-state index contributed by atoms with van der Waals surface area (Å²) in [4.78, 5) is 22.4. The Bertz CT molecular complexity index is 1950. The Morgan fingerprint density at radius 2 is 1.62 bits per heavy atom. The van der Waals surface area contributed by atoms with Crippen molar-refractivity contribution in [1.29, 1.82) is 0 Å². The predicted molar refractivity (Wildman–Crippen MR) is 207 cm³/mol. The number of halogens is 5. The van der Waals surface area contributed by atoms with Crippen molar-refractivity contribution >= 4 is 27.3 Å². The van der Waals surface area contributed by atoms with Crippen molar-refractivity contribution < 1.29 is 45.7 Å². The minimum atomic E-state index is -4.67. The van der Waals surface area contributed by atoms with Gasteiger partial charge in [-0.25, -0.2) is 8.78 Å². The number of Topliss-reactive ketones (excluding diaryl/α,β-unsaturated/α-hetero) is 1. The van der Waals surface area contributed by atoms with Gasteiger partial charge in [0.15, 0.2) is 11.6 Å². The molecule has 0 fully saturated rings. The summed E-state index contributed by atoms with van der Waals surface area (Å²) >= 11 is 1.41. The van der Waals surface area contributed by atoms with Crippen molar-refractivity contribution in [1.82, 2.24) is 15.3 Å². The van der Waals surface area contributed by atoms with Crippen LogP contribution in [0.3, 0.4) is 0 Å². The second-order valence-corrected chi connectivity index (χ2v) is 13.7. The molecule has 0 unspecified atom stereocenters. The summed E-state index contributed by atoms with van der Waals surface area (Å²) in [6.07, 6.45) is 0.741. The van der Waals surface area contributed by atoms with E-state index in [9.17, 15) is 22.4 Å². The van der Waals surface area contributed by atoms with E-state index in [0.29, 0.717) is 60.5 Å². The predicted octanol–water partition coefficient (Wildman–Crippen LogP) is 8.71. The van der Waals surface area contributed by atoms with E-state index in [1.165, 1.54) is 23.5 Å². The molecule has 15 heteroatoms. The number of nitrogens with two attached hydrogens (primary N) is 1. The van der Waals surface area contributed by atoms with Crippen molar-refractivity contribution in [2.24, 2.45) is 5.73 Å². The highest BCUT2D eigenvalue weighted by Crippen LogP contribution is 2.39. The number of carbonyl (C=O) groups is 1. The SMILES string of the molecule is CCCOCCCNCc1ccc(-c2cc3nccc(Oc4ccc(CC(=O)Cc5cc(C(F)(F)F)ccc5F)cc4F)c3s2)nc1.COCCOCCCN. The van der Waals surface area contributed by atoms with Crippen LogP contribution in [0.25, 0.3) is 20.8 Å². The van der Waals surface area contributed by atoms with E-state index in [2.05, 4.69) is 22.2 Å². The van der Waals surface area contributed by atoms with Crippen LogP contribution in [0.5, 0.6) is 11.5 Å². The molecule has 0 bridgehead atoms. The van der Waals surface area contributed by atoms with Crippen LogP contribution in [0.2, 0.25) is 0 Å². The number of pyridine rings is 2. The van der Waals surface area contributed by atoms with Gasteiger partial charge in [-0.15, -0.1) is 11.3 Å². The van der Waals surface area contributed by atoms with Gasteiger partial charge >= 0.3 is 6.18 Å². The Morgan fingerprint density at radius 3 is 2.34 bits per heavy atom. The molecule has 0 saturated heterocycles. The van der Waals surface area contributed by atoms with Gasteiger partial charge in [-0.3, -0.25) is 14.8 Å². The van der Waals surface area contributed by atoms with Crippen LogP contribution in [-0.4, -0.2) is 69.0 Å². The van der Waals surface area contributed by atoms with Gasteiger partial charge in [0, 0.05) is 64.8 Å². The molecule has 0 amide bonds. The fourth-order valence-electron chi connectivity index (χ4n) is 5.25. The van der Waals surface area contributed by atoms with E-state index in [1.807, 2.05) is 24.4 Å². The first-order valence-corrected chi connectivity index (χ1v) is 19.1. The number of ketones is 1. The van der Waals surface area contributed by atoms with Crippen LogP contribution in [0.15, 0.2) is 73.1 Å². The van der Waals surface area contributed by atoms with Gasteiger partial charge in [-0.05, 0) is 91.5 Å². The monoisotopic (exact) mass is 802 g/mol. The van der Waals surface area contributed by atoms with E-state index < -0.39 is 35.6 Å². The van der Waals surface area contributed by atoms with E-state index in [-0.39, 0.29) is 23.3 Å². The molecule has 0 aliphatic rings. The fourth-order valence-corrected chi connectivity index (χ4v) is 6.29. The molecule has 0 saturated carbocycles. The number of hydrogen-bond donors (Lipinski definition) is 2. The van der Waals surface area contributed by atoms with Crippen LogP contribution < -0.4 is 15.8 Å². The second kappa shape index (κ2) is 23.0. The van der Waals surface area contributed by atoms with Gasteiger partial charge in [-0.2, -0.15) is 13.2 Å². The standard InChI is InChI=1S/C35H32F5N3O3S.C6H15NO2/c1-2-13-45-14-3-11-41-20-23-4-8-29(43-21-23)33-19-30-34(47-33)32(10-12-42-30)46-31-9-5-22(16-28(31)37)15-26(44)18-24-17-25(35(38,39)40)6-7-27(24)36;1-8-5-6-9-4-2-3-7/h4-10,12,16-17,19,21,41H,2-3,11,13-15,18,20H2,1H3;2-7H2,1H3. The molecule has 56 heavy (non-hydrogen) atoms. The minimum absolute atomic E-state index is 0.0838. The molecule has 0 spiro atoms. The minimum Gasteiger partial charge on any atom is -0.453 e. The molecule has 9 nitrogen and oxygen atoms in total. The molecule has 5 aromatic rings. The zero-order valence-corrected chi connectivity index (χ0v) is 32.2. The number of thiophene rings is 1. The third kappa shape index (κ3) is 14.3. The lowest BCUT2D eigenvalue weighted by molar-refractivity contribution is -0.137. The summed E-state index contributed by atoms with van der Waals surface area (Å²) in [6, 6.07) is 13.4. The largest absolute Gasteiger partial charge is 0.453 e. The number of carbonyl (C=O) groups excluding carboxylic acids is 1. The third-order valence-electron chi connectivity index (χ3n) is 8.08. The third-order valence-corrected chi connectivity index (χ3v) is 9.24. The Morgan fingerprint density at radius 1 is 0.839 bits per heavy atom. The molecule has 3 heterocycles. The molecule has 0 aliphatic carbocycles. The smallest absolute Gasteiger partial charge is 0.416 e. The van der Waals surface area contributed by atoms with E-state index >= 15 is 4.39 Å². The Hall–Kier alpha value is -4.38. The summed E-state index contributed by atoms with van der Waals surface area (Å²) < 4.78 is 90.2. The molecule has 3 N–H and O–H groups in total. The first-order chi connectivity index (χ1) is 27.0. The highest BCUT2D eigenvalue weighted by Gasteiger charge is 2.31. The number of nitrogens with one attached hydrogen (secondary N) is 1. The summed E-state index contributed by atoms with van der Waals surface area (Å²) in [7, 11) is 1.66. The number of benzene rings is 2. The average Bonchev–Trinajstić information content (AvgIpc) is 3.62. The quantitative estimate of drug-likeness (QED) is 0.0555. The number of aromatic nitrogens is 2. The van der Waals surface area contributed by atoms with Crippen LogP contribution >= 0.6 is 11.3 Å². The van der Waals surface area contributed by atoms with Gasteiger partial charge in [-0.1, -0.05) is 19.1 Å². The maximum absolute atomic E-state index is 15.1. The normalized spacial score (nSPS) is 11.4. The van der Waals surface area contributed by atoms with Crippen LogP contribution in [0, 0.1) is 11.6 Å². The van der Waals surface area contributed by atoms with Crippen molar-refractivity contribution in [3.8, 4) is 22.1 Å². The van der Waals surface area contributed by atoms with E-state index in [4.69, 9.17) is 24.7 Å². The Kier molecular flexibility index (Phi) is 18.2. The van der Waals surface area contributed by atoms with Gasteiger partial charge in [0.05, 0.1) is 39.6 Å². The topological polar surface area (TPSA) is 118 Å². The number of hydrogen-bond acceptors (Lipinski definition) is 10. The maximum atomic E-state index is 15.1. The lowest BCUT2D eigenvalue weighted by Crippen LogP contribution is -2.16. The van der Waals surface area contributed by atoms with Crippen LogP contribution in [-0.2, 0) is 44.6 Å². The summed E-state index contributed by atoms with van der Waals surface area (Å²) in [5.41, 5.74) is 6.56. The number of nitrogens with zero attached hydrogens (tertiary/aromatic N) is 2. The second-order valence-electron chi connectivity index (χ2n) is 12.6. The highest BCUT2D eigenvalue weighted by atomic mass is 32.1. The zero-order chi connectivity index (χ0) is 40.3. The zero-order valence-electron chi connectivity index (χ0n) is 31.4. The van der Waals surface area contributed by atoms with E-state index in [1.54, 1.807) is 19.4 Å². The molecule has 5 rings (SSSR count). The first-order valence-electron chi connectivity index (χ1n) is 18.2. The summed E-state index contributed by atoms with van der Waals surface area (Å²) in [5, 5.41) is 3.39. The molecule has 302 valence electrons. The number of alkyl halides is 3. The molecule has 3 aromatic heterocycles. The highest BCUT2D eigenvalue weighted by molar-refractivity contribution is 7.22. The molecule has 0 radical (unpaired) electrons. The Balaban J connectivity index is 0.000000689. The number of fused-ring (bicyclic) bond motifs is 1. The van der Waals surface area contributed by atoms with E-state index in [0.717, 1.165) is 67.8 Å². The van der Waals surface area contributed by atoms with Crippen molar-refractivity contribution in [3.63, 3.8) is 0 Å². The van der Waals surface area contributed by atoms with Crippen LogP contribution in [0.1, 0.15) is 48.4 Å². The summed E-state index contributed by atoms with van der Waals surface area (Å²) in [6.45, 7) is 7.95.